The maximum atomic E-state index is 12.9. The SMILES string of the molecule is CC(C)OC(=O)CC(NC(=O)c1cccc(C(F)(F)F)c1)c1ccccc1[N+](=O)[O-]. The highest BCUT2D eigenvalue weighted by atomic mass is 19.4. The van der Waals surface area contributed by atoms with Gasteiger partial charge >= 0.3 is 12.1 Å². The molecular weight excluding hydrogens is 405 g/mol. The summed E-state index contributed by atoms with van der Waals surface area (Å²) in [5.74, 6) is -1.64. The first kappa shape index (κ1) is 22.9. The molecule has 0 aromatic heterocycles. The molecule has 30 heavy (non-hydrogen) atoms. The summed E-state index contributed by atoms with van der Waals surface area (Å²) in [7, 11) is 0. The predicted molar refractivity (Wildman–Crippen MR) is 101 cm³/mol. The van der Waals surface area contributed by atoms with Crippen LogP contribution in [0.15, 0.2) is 48.5 Å². The monoisotopic (exact) mass is 424 g/mol. The molecule has 0 aliphatic carbocycles. The van der Waals surface area contributed by atoms with Crippen molar-refractivity contribution >= 4 is 17.6 Å². The minimum Gasteiger partial charge on any atom is -0.463 e. The zero-order chi connectivity index (χ0) is 22.5. The molecule has 1 atom stereocenters. The number of alkyl halides is 3. The minimum atomic E-state index is -4.64. The molecule has 160 valence electrons. The van der Waals surface area contributed by atoms with Crippen LogP contribution in [0.5, 0.6) is 0 Å². The quantitative estimate of drug-likeness (QED) is 0.403. The maximum absolute atomic E-state index is 12.9. The van der Waals surface area contributed by atoms with Crippen LogP contribution in [0.4, 0.5) is 18.9 Å². The normalized spacial score (nSPS) is 12.3. The van der Waals surface area contributed by atoms with Gasteiger partial charge in [0.2, 0.25) is 0 Å². The van der Waals surface area contributed by atoms with E-state index in [1.165, 1.54) is 30.3 Å². The van der Waals surface area contributed by atoms with E-state index in [4.69, 9.17) is 4.74 Å². The molecule has 2 aromatic rings. The average molecular weight is 424 g/mol. The first-order chi connectivity index (χ1) is 14.0. The lowest BCUT2D eigenvalue weighted by molar-refractivity contribution is -0.385. The van der Waals surface area contributed by atoms with Crippen molar-refractivity contribution in [2.45, 2.75) is 38.6 Å². The van der Waals surface area contributed by atoms with Crippen LogP contribution in [0, 0.1) is 10.1 Å². The van der Waals surface area contributed by atoms with Crippen LogP contribution in [-0.2, 0) is 15.7 Å². The van der Waals surface area contributed by atoms with Crippen molar-refractivity contribution in [1.29, 1.82) is 0 Å². The number of ether oxygens (including phenoxy) is 1. The summed E-state index contributed by atoms with van der Waals surface area (Å²) < 4.78 is 43.8. The Bertz CT molecular complexity index is 944. The fourth-order valence-corrected chi connectivity index (χ4v) is 2.74. The Morgan fingerprint density at radius 1 is 1.13 bits per heavy atom. The topological polar surface area (TPSA) is 98.5 Å². The number of esters is 1. The summed E-state index contributed by atoms with van der Waals surface area (Å²) >= 11 is 0. The molecule has 0 heterocycles. The number of nitro benzene ring substituents is 1. The van der Waals surface area contributed by atoms with E-state index in [2.05, 4.69) is 5.32 Å². The fraction of sp³-hybridized carbons (Fsp3) is 0.300. The number of carbonyl (C=O) groups is 2. The van der Waals surface area contributed by atoms with E-state index in [9.17, 15) is 32.9 Å². The smallest absolute Gasteiger partial charge is 0.416 e. The fourth-order valence-electron chi connectivity index (χ4n) is 2.74. The first-order valence-corrected chi connectivity index (χ1v) is 8.90. The van der Waals surface area contributed by atoms with Crippen LogP contribution in [0.3, 0.4) is 0 Å². The van der Waals surface area contributed by atoms with E-state index >= 15 is 0 Å². The third-order valence-corrected chi connectivity index (χ3v) is 4.00. The van der Waals surface area contributed by atoms with Crippen LogP contribution in [0.2, 0.25) is 0 Å². The molecule has 1 amide bonds. The number of nitro groups is 1. The third-order valence-electron chi connectivity index (χ3n) is 4.00. The van der Waals surface area contributed by atoms with Gasteiger partial charge in [-0.25, -0.2) is 0 Å². The lowest BCUT2D eigenvalue weighted by Gasteiger charge is -2.20. The Balaban J connectivity index is 2.37. The van der Waals surface area contributed by atoms with Gasteiger partial charge in [0.25, 0.3) is 11.6 Å². The van der Waals surface area contributed by atoms with Gasteiger partial charge in [-0.05, 0) is 32.0 Å². The van der Waals surface area contributed by atoms with Crippen LogP contribution in [-0.4, -0.2) is 22.9 Å². The van der Waals surface area contributed by atoms with E-state index in [-0.39, 0.29) is 16.8 Å². The molecule has 1 unspecified atom stereocenters. The number of rotatable bonds is 7. The van der Waals surface area contributed by atoms with E-state index in [0.717, 1.165) is 12.1 Å². The number of nitrogens with zero attached hydrogens (tertiary/aromatic N) is 1. The zero-order valence-corrected chi connectivity index (χ0v) is 16.1. The first-order valence-electron chi connectivity index (χ1n) is 8.90. The molecule has 1 N–H and O–H groups in total. The van der Waals surface area contributed by atoms with Gasteiger partial charge in [-0.3, -0.25) is 19.7 Å². The Labute approximate surface area is 170 Å². The number of para-hydroxylation sites is 1. The van der Waals surface area contributed by atoms with Crippen LogP contribution < -0.4 is 5.32 Å². The second-order valence-electron chi connectivity index (χ2n) is 6.66. The largest absolute Gasteiger partial charge is 0.463 e. The molecule has 0 radical (unpaired) electrons. The van der Waals surface area contributed by atoms with Crippen LogP contribution in [0.25, 0.3) is 0 Å². The lowest BCUT2D eigenvalue weighted by atomic mass is 10.0. The van der Waals surface area contributed by atoms with Gasteiger partial charge in [0, 0.05) is 11.6 Å². The Morgan fingerprint density at radius 2 is 1.80 bits per heavy atom. The summed E-state index contributed by atoms with van der Waals surface area (Å²) in [6.45, 7) is 3.22. The van der Waals surface area contributed by atoms with Crippen molar-refractivity contribution < 1.29 is 32.4 Å². The molecule has 0 aliphatic heterocycles. The highest BCUT2D eigenvalue weighted by molar-refractivity contribution is 5.95. The van der Waals surface area contributed by atoms with E-state index in [0.29, 0.717) is 6.07 Å². The molecule has 0 aliphatic rings. The molecule has 0 spiro atoms. The Kier molecular flexibility index (Phi) is 7.14. The molecule has 0 saturated carbocycles. The summed E-state index contributed by atoms with van der Waals surface area (Å²) in [4.78, 5) is 35.4. The standard InChI is InChI=1S/C20H19F3N2O5/c1-12(2)30-18(26)11-16(15-8-3-4-9-17(15)25(28)29)24-19(27)13-6-5-7-14(10-13)20(21,22)23/h3-10,12,16H,11H2,1-2H3,(H,24,27). The van der Waals surface area contributed by atoms with Gasteiger partial charge in [0.1, 0.15) is 0 Å². The molecule has 2 aromatic carbocycles. The highest BCUT2D eigenvalue weighted by Gasteiger charge is 2.32. The van der Waals surface area contributed by atoms with Crippen molar-refractivity contribution in [1.82, 2.24) is 5.32 Å². The van der Waals surface area contributed by atoms with E-state index in [1.807, 2.05) is 0 Å². The Morgan fingerprint density at radius 3 is 2.40 bits per heavy atom. The van der Waals surface area contributed by atoms with E-state index < -0.39 is 47.1 Å². The van der Waals surface area contributed by atoms with Gasteiger partial charge in [-0.1, -0.05) is 24.3 Å². The summed E-state index contributed by atoms with van der Waals surface area (Å²) in [5, 5.41) is 13.8. The third kappa shape index (κ3) is 6.03. The van der Waals surface area contributed by atoms with Gasteiger partial charge in [-0.15, -0.1) is 0 Å². The number of carbonyl (C=O) groups excluding carboxylic acids is 2. The number of nitrogens with one attached hydrogen (secondary N) is 1. The Hall–Kier alpha value is -3.43. The highest BCUT2D eigenvalue weighted by Crippen LogP contribution is 2.31. The minimum absolute atomic E-state index is 0.0310. The second-order valence-corrected chi connectivity index (χ2v) is 6.66. The molecule has 10 heteroatoms. The number of hydrogen-bond donors (Lipinski definition) is 1. The average Bonchev–Trinajstić information content (AvgIpc) is 2.66. The summed E-state index contributed by atoms with van der Waals surface area (Å²) in [6.07, 6.45) is -5.54. The summed E-state index contributed by atoms with van der Waals surface area (Å²) in [6, 6.07) is 8.01. The van der Waals surface area contributed by atoms with Crippen LogP contribution >= 0.6 is 0 Å². The molecule has 0 bridgehead atoms. The van der Waals surface area contributed by atoms with Crippen molar-refractivity contribution in [2.24, 2.45) is 0 Å². The molecular formula is C20H19F3N2O5. The van der Waals surface area contributed by atoms with Crippen molar-refractivity contribution in [3.63, 3.8) is 0 Å². The number of benzene rings is 2. The van der Waals surface area contributed by atoms with Gasteiger partial charge in [-0.2, -0.15) is 13.2 Å². The predicted octanol–water partition coefficient (Wildman–Crippen LogP) is 4.43. The molecule has 2 rings (SSSR count). The van der Waals surface area contributed by atoms with Gasteiger partial charge < -0.3 is 10.1 Å². The van der Waals surface area contributed by atoms with Crippen molar-refractivity contribution in [3.05, 3.63) is 75.3 Å². The molecule has 7 nitrogen and oxygen atoms in total. The van der Waals surface area contributed by atoms with Crippen molar-refractivity contribution in [3.8, 4) is 0 Å². The number of amides is 1. The number of halogens is 3. The van der Waals surface area contributed by atoms with Crippen LogP contribution in [0.1, 0.15) is 47.8 Å². The number of hydrogen-bond acceptors (Lipinski definition) is 5. The van der Waals surface area contributed by atoms with Gasteiger partial charge in [0.05, 0.1) is 34.6 Å². The molecule has 0 fully saturated rings. The zero-order valence-electron chi connectivity index (χ0n) is 16.1. The van der Waals surface area contributed by atoms with E-state index in [1.54, 1.807) is 13.8 Å². The maximum Gasteiger partial charge on any atom is 0.416 e. The lowest BCUT2D eigenvalue weighted by Crippen LogP contribution is -2.31. The second kappa shape index (κ2) is 9.38. The van der Waals surface area contributed by atoms with Crippen molar-refractivity contribution in [2.75, 3.05) is 0 Å². The molecule has 0 saturated heterocycles. The summed E-state index contributed by atoms with van der Waals surface area (Å²) in [5.41, 5.74) is -1.63. The van der Waals surface area contributed by atoms with Gasteiger partial charge in [0.15, 0.2) is 0 Å².